The minimum atomic E-state index is -1.37. The molecule has 426 valence electrons. The van der Waals surface area contributed by atoms with Crippen LogP contribution in [0.15, 0.2) is 90.4 Å². The summed E-state index contributed by atoms with van der Waals surface area (Å²) >= 11 is 0. The van der Waals surface area contributed by atoms with Crippen molar-refractivity contribution in [2.45, 2.75) is 163 Å². The van der Waals surface area contributed by atoms with Crippen LogP contribution in [0.4, 0.5) is 0 Å². The summed E-state index contributed by atoms with van der Waals surface area (Å²) in [5.41, 5.74) is 10.2. The molecule has 3 aromatic carbocycles. The number of H-pyrrole nitrogens is 1. The number of hydrogen-bond donors (Lipinski definition) is 10. The van der Waals surface area contributed by atoms with Crippen LogP contribution in [0.5, 0.6) is 11.5 Å². The number of allylic oxidation sites excluding steroid dienone is 2. The maximum atomic E-state index is 15.2. The Kier molecular flexibility index (Phi) is 15.6. The number of hydrogen-bond acceptors (Lipinski definition) is 12. The number of Topliss-reactive ketones (excluding diaryl/α,β-unsaturated/α-hetero) is 2. The molecule has 4 saturated carbocycles. The molecular weight excluding hydrogens is 1000 g/mol. The number of nitrogens with one attached hydrogen (secondary N) is 4. The molecule has 1 spiro atoms. The highest BCUT2D eigenvalue weighted by Gasteiger charge is 2.63. The summed E-state index contributed by atoms with van der Waals surface area (Å²) in [5, 5.41) is 74.2. The number of aromatic hydroxyl groups is 1. The number of phenols is 1. The van der Waals surface area contributed by atoms with Crippen molar-refractivity contribution in [1.29, 1.82) is 0 Å². The average molecular weight is 1090 g/mol. The van der Waals surface area contributed by atoms with Gasteiger partial charge in [-0.05, 0) is 194 Å². The second-order valence-electron chi connectivity index (χ2n) is 25.7. The molecule has 12 rings (SSSR count). The first-order valence-corrected chi connectivity index (χ1v) is 30.5. The molecule has 1 aromatic heterocycles. The Morgan fingerprint density at radius 3 is 2.54 bits per heavy atom. The molecule has 0 radical (unpaired) electrons. The summed E-state index contributed by atoms with van der Waals surface area (Å²) in [5.74, 6) is 9.03. The number of dihydropyridines is 1. The number of aromatic nitrogens is 1. The Balaban J connectivity index is 0.874. The largest absolute Gasteiger partial charge is 0.504 e. The Morgan fingerprint density at radius 1 is 0.925 bits per heavy atom. The first-order valence-electron chi connectivity index (χ1n) is 30.5. The van der Waals surface area contributed by atoms with Crippen molar-refractivity contribution in [3.8, 4) is 23.3 Å². The number of phenolic OH excluding ortho intramolecular Hbond substituents is 1. The lowest BCUT2D eigenvalue weighted by Crippen LogP contribution is -2.65. The topological polar surface area (TPSA) is 222 Å². The zero-order valence-corrected chi connectivity index (χ0v) is 46.8. The molecule has 3 heterocycles. The molecule has 13 heteroatoms. The number of aromatic amines is 1. The standard InChI is InChI=1S/C67H85N5O8/c1-3-69-36-52-61(46(17-22-66(79)20-7-4-8-21-66)51-37-72-53-33-45(73)32-50-47-19-26-71-65(47)64(52)63(51)62(50)53)44-16-24-67(59(78)30-44)23-15-42(49-35-56(76)57(80-2)29-41(49)13-14-58(67)77)28-54(74)55(75)34-48(43-18-25-70-60(68)31-43)40-12-11-38-9-5-6-10-39(38)27-40/h5-6,9-12,18-19,26-27,29,31,35,42,44,46,48,50-55,59,61-64,69-72,74-76,78-79H,3-4,7-8,13-14,16-17,20-22,24-25,28,30,32-34,36-37,68H2,1-2H3. The van der Waals surface area contributed by atoms with Gasteiger partial charge in [-0.15, -0.1) is 0 Å². The molecule has 5 fully saturated rings. The molecule has 1 saturated heterocycles. The van der Waals surface area contributed by atoms with E-state index < -0.39 is 35.2 Å². The molecule has 0 amide bonds. The van der Waals surface area contributed by atoms with Gasteiger partial charge in [-0.25, -0.2) is 0 Å². The zero-order valence-electron chi connectivity index (χ0n) is 46.8. The van der Waals surface area contributed by atoms with Crippen LogP contribution in [-0.4, -0.2) is 105 Å². The van der Waals surface area contributed by atoms with Crippen molar-refractivity contribution in [3.05, 3.63) is 118 Å². The number of rotatable bonds is 15. The molecule has 11 N–H and O–H groups in total. The third kappa shape index (κ3) is 10.2. The van der Waals surface area contributed by atoms with Gasteiger partial charge in [0.05, 0.1) is 36.8 Å². The highest BCUT2D eigenvalue weighted by molar-refractivity contribution is 5.89. The number of aryl methyl sites for hydroxylation is 1. The van der Waals surface area contributed by atoms with Crippen LogP contribution >= 0.6 is 0 Å². The van der Waals surface area contributed by atoms with Crippen LogP contribution in [0, 0.1) is 58.7 Å². The number of carbonyl (C=O) groups is 2. The van der Waals surface area contributed by atoms with Gasteiger partial charge in [0, 0.05) is 61.5 Å². The molecule has 80 heavy (non-hydrogen) atoms. The summed E-state index contributed by atoms with van der Waals surface area (Å²) in [7, 11) is 1.49. The Bertz CT molecular complexity index is 3080. The van der Waals surface area contributed by atoms with E-state index in [1.54, 1.807) is 12.1 Å². The maximum absolute atomic E-state index is 15.2. The summed E-state index contributed by atoms with van der Waals surface area (Å²) in [6.45, 7) is 5.16. The molecule has 13 nitrogen and oxygen atoms in total. The average Bonchev–Trinajstić information content (AvgIpc) is 3.98. The summed E-state index contributed by atoms with van der Waals surface area (Å²) in [6.07, 6.45) is 12.3. The number of nitrogens with two attached hydrogens (primary N) is 1. The van der Waals surface area contributed by atoms with Crippen molar-refractivity contribution in [2.24, 2.45) is 52.6 Å². The van der Waals surface area contributed by atoms with Crippen molar-refractivity contribution in [2.75, 3.05) is 33.3 Å². The lowest BCUT2D eigenvalue weighted by atomic mass is 9.43. The smallest absolute Gasteiger partial charge is 0.160 e. The van der Waals surface area contributed by atoms with Gasteiger partial charge in [0.25, 0.3) is 0 Å². The van der Waals surface area contributed by atoms with E-state index in [4.69, 9.17) is 10.5 Å². The van der Waals surface area contributed by atoms with Crippen LogP contribution in [0.2, 0.25) is 0 Å². The lowest BCUT2D eigenvalue weighted by Gasteiger charge is -2.64. The van der Waals surface area contributed by atoms with Crippen molar-refractivity contribution < 1.29 is 39.9 Å². The number of ketones is 2. The number of aliphatic hydroxyl groups is 4. The number of fused-ring (bicyclic) bond motifs is 5. The van der Waals surface area contributed by atoms with E-state index in [-0.39, 0.29) is 84.0 Å². The second kappa shape index (κ2) is 22.7. The number of benzene rings is 3. The predicted molar refractivity (Wildman–Crippen MR) is 310 cm³/mol. The molecule has 0 bridgehead atoms. The van der Waals surface area contributed by atoms with E-state index >= 15 is 4.79 Å². The van der Waals surface area contributed by atoms with E-state index in [1.807, 2.05) is 18.2 Å². The number of ether oxygens (including phenoxy) is 1. The lowest BCUT2D eigenvalue weighted by molar-refractivity contribution is -0.141. The molecule has 6 aliphatic carbocycles. The Hall–Kier alpha value is -5.46. The SMILES string of the molecule is CCNCC1C2c3[nH]ccc3C3CC(=O)CC4NCC(C(CCC5(O)CCCCC5)C1C1CCC5(C#CC(CC(O)C(O)CC(C6=CCNC(N)=C6)c6ccc7ccccc7c6)c6cc(O)c(OC)cc6CCC5=O)C(O)C1)C2C43. The zero-order chi connectivity index (χ0) is 55.5. The molecule has 16 atom stereocenters. The minimum absolute atomic E-state index is 0.0107. The van der Waals surface area contributed by atoms with E-state index in [0.29, 0.717) is 80.0 Å². The predicted octanol–water partition coefficient (Wildman–Crippen LogP) is 8.26. The highest BCUT2D eigenvalue weighted by atomic mass is 16.5. The maximum Gasteiger partial charge on any atom is 0.160 e. The van der Waals surface area contributed by atoms with Crippen molar-refractivity contribution in [3.63, 3.8) is 0 Å². The first-order chi connectivity index (χ1) is 38.8. The fourth-order valence-electron chi connectivity index (χ4n) is 17.8. The van der Waals surface area contributed by atoms with E-state index in [9.17, 15) is 30.3 Å². The van der Waals surface area contributed by atoms with E-state index in [2.05, 4.69) is 88.4 Å². The van der Waals surface area contributed by atoms with Crippen LogP contribution in [0.3, 0.4) is 0 Å². The third-order valence-electron chi connectivity index (χ3n) is 21.6. The molecule has 16 unspecified atom stereocenters. The first kappa shape index (κ1) is 55.1. The summed E-state index contributed by atoms with van der Waals surface area (Å²) < 4.78 is 5.60. The Labute approximate surface area is 472 Å². The van der Waals surface area contributed by atoms with Gasteiger partial charge in [-0.1, -0.05) is 86.6 Å². The van der Waals surface area contributed by atoms with Gasteiger partial charge < -0.3 is 56.9 Å². The molecule has 2 aliphatic heterocycles. The third-order valence-corrected chi connectivity index (χ3v) is 21.6. The second-order valence-corrected chi connectivity index (χ2v) is 25.7. The van der Waals surface area contributed by atoms with Crippen LogP contribution in [0.25, 0.3) is 10.8 Å². The fourth-order valence-corrected chi connectivity index (χ4v) is 17.8. The molecule has 4 aromatic rings. The summed E-state index contributed by atoms with van der Waals surface area (Å²) in [6, 6.07) is 20.2. The van der Waals surface area contributed by atoms with Gasteiger partial charge >= 0.3 is 0 Å². The fraction of sp³-hybridized carbons (Fsp3) is 0.582. The van der Waals surface area contributed by atoms with Crippen LogP contribution < -0.4 is 26.4 Å². The molecular formula is C67H85N5O8. The van der Waals surface area contributed by atoms with E-state index in [1.165, 1.54) is 18.4 Å². The van der Waals surface area contributed by atoms with Gasteiger partial charge in [-0.3, -0.25) is 9.59 Å². The number of aliphatic hydroxyl groups excluding tert-OH is 3. The normalized spacial score (nSPS) is 33.6. The monoisotopic (exact) mass is 1090 g/mol. The van der Waals surface area contributed by atoms with E-state index in [0.717, 1.165) is 92.1 Å². The van der Waals surface area contributed by atoms with Gasteiger partial charge in [0.2, 0.25) is 0 Å². The minimum Gasteiger partial charge on any atom is -0.504 e. The number of methoxy groups -OCH3 is 1. The van der Waals surface area contributed by atoms with Gasteiger partial charge in [0.15, 0.2) is 17.3 Å². The summed E-state index contributed by atoms with van der Waals surface area (Å²) in [4.78, 5) is 32.4. The number of piperidine rings is 1. The number of carbonyl (C=O) groups excluding carboxylic acids is 2. The highest BCUT2D eigenvalue weighted by Crippen LogP contribution is 2.66. The van der Waals surface area contributed by atoms with Gasteiger partial charge in [0.1, 0.15) is 11.2 Å². The molecule has 8 aliphatic rings. The van der Waals surface area contributed by atoms with Gasteiger partial charge in [-0.2, -0.15) is 0 Å². The van der Waals surface area contributed by atoms with Crippen molar-refractivity contribution in [1.82, 2.24) is 20.9 Å². The van der Waals surface area contributed by atoms with Crippen LogP contribution in [-0.2, 0) is 16.0 Å². The van der Waals surface area contributed by atoms with Crippen LogP contribution in [0.1, 0.15) is 155 Å². The Morgan fingerprint density at radius 2 is 1.75 bits per heavy atom. The van der Waals surface area contributed by atoms with Crippen molar-refractivity contribution >= 4 is 22.3 Å². The quantitative estimate of drug-likeness (QED) is 0.0509.